The van der Waals surface area contributed by atoms with Gasteiger partial charge in [0, 0.05) is 0 Å². The Labute approximate surface area is 36.1 Å². The molecule has 0 heterocycles. The molecule has 3 nitrogen and oxygen atoms in total. The molecule has 36 valence electrons. The SMILES string of the molecule is N#CCCO.O. The Morgan fingerprint density at radius 2 is 2.17 bits per heavy atom. The third kappa shape index (κ3) is 9.96. The van der Waals surface area contributed by atoms with E-state index >= 15 is 0 Å². The van der Waals surface area contributed by atoms with Gasteiger partial charge in [-0.25, -0.2) is 0 Å². The molecule has 3 N–H and O–H groups in total. The smallest absolute Gasteiger partial charge is 0.0645 e. The maximum Gasteiger partial charge on any atom is 0.0645 e. The van der Waals surface area contributed by atoms with Crippen LogP contribution in [0.1, 0.15) is 6.42 Å². The minimum absolute atomic E-state index is 0. The van der Waals surface area contributed by atoms with Crippen LogP contribution in [-0.4, -0.2) is 17.2 Å². The molecule has 0 bridgehead atoms. The van der Waals surface area contributed by atoms with Gasteiger partial charge in [0.15, 0.2) is 0 Å². The minimum atomic E-state index is -0.0174. The van der Waals surface area contributed by atoms with E-state index in [-0.39, 0.29) is 18.5 Å². The van der Waals surface area contributed by atoms with Crippen molar-refractivity contribution in [1.82, 2.24) is 0 Å². The zero-order chi connectivity index (χ0) is 4.12. The monoisotopic (exact) mass is 89.0 g/mol. The molecular weight excluding hydrogens is 82.0 g/mol. The molecule has 0 atom stereocenters. The molecule has 0 saturated heterocycles. The van der Waals surface area contributed by atoms with Gasteiger partial charge in [-0.05, 0) is 0 Å². The minimum Gasteiger partial charge on any atom is -0.412 e. The highest BCUT2D eigenvalue weighted by molar-refractivity contribution is 4.65. The van der Waals surface area contributed by atoms with E-state index in [2.05, 4.69) is 0 Å². The second-order valence-corrected chi connectivity index (χ2v) is 0.632. The van der Waals surface area contributed by atoms with Gasteiger partial charge < -0.3 is 10.6 Å². The maximum atomic E-state index is 7.84. The van der Waals surface area contributed by atoms with E-state index in [1.165, 1.54) is 0 Å². The molecule has 0 aliphatic heterocycles. The predicted octanol–water partition coefficient (Wildman–Crippen LogP) is -0.932. The zero-order valence-corrected chi connectivity index (χ0v) is 3.31. The molecule has 0 aromatic carbocycles. The number of nitrogens with zero attached hydrogens (tertiary/aromatic N) is 1. The second kappa shape index (κ2) is 8.83. The molecule has 3 heteroatoms. The highest BCUT2D eigenvalue weighted by Gasteiger charge is 1.66. The van der Waals surface area contributed by atoms with E-state index in [9.17, 15) is 0 Å². The molecular formula is C3H7NO2. The Bertz CT molecular complexity index is 47.2. The molecule has 0 spiro atoms. The zero-order valence-electron chi connectivity index (χ0n) is 3.31. The summed E-state index contributed by atoms with van der Waals surface area (Å²) in [5, 5.41) is 15.5. The van der Waals surface area contributed by atoms with Gasteiger partial charge in [-0.15, -0.1) is 0 Å². The topological polar surface area (TPSA) is 75.5 Å². The van der Waals surface area contributed by atoms with Gasteiger partial charge in [0.25, 0.3) is 0 Å². The van der Waals surface area contributed by atoms with Gasteiger partial charge >= 0.3 is 0 Å². The molecule has 0 aromatic heterocycles. The first kappa shape index (κ1) is 9.05. The largest absolute Gasteiger partial charge is 0.412 e. The summed E-state index contributed by atoms with van der Waals surface area (Å²) >= 11 is 0. The summed E-state index contributed by atoms with van der Waals surface area (Å²) < 4.78 is 0. The van der Waals surface area contributed by atoms with Crippen molar-refractivity contribution < 1.29 is 10.6 Å². The average Bonchev–Trinajstić information content (AvgIpc) is 1.41. The fourth-order valence-corrected chi connectivity index (χ4v) is 0.0500. The van der Waals surface area contributed by atoms with Crippen molar-refractivity contribution in [3.8, 4) is 6.07 Å². The van der Waals surface area contributed by atoms with E-state index in [0.29, 0.717) is 0 Å². The lowest BCUT2D eigenvalue weighted by atomic mass is 10.5. The first-order valence-corrected chi connectivity index (χ1v) is 1.39. The second-order valence-electron chi connectivity index (χ2n) is 0.632. The van der Waals surface area contributed by atoms with Crippen molar-refractivity contribution in [2.45, 2.75) is 6.42 Å². The van der Waals surface area contributed by atoms with Crippen LogP contribution in [0.4, 0.5) is 0 Å². The van der Waals surface area contributed by atoms with E-state index in [1.807, 2.05) is 0 Å². The van der Waals surface area contributed by atoms with Gasteiger partial charge in [0.2, 0.25) is 0 Å². The van der Waals surface area contributed by atoms with Crippen LogP contribution < -0.4 is 0 Å². The Balaban J connectivity index is 0. The van der Waals surface area contributed by atoms with Crippen molar-refractivity contribution >= 4 is 0 Å². The van der Waals surface area contributed by atoms with Crippen LogP contribution in [0.15, 0.2) is 0 Å². The summed E-state index contributed by atoms with van der Waals surface area (Å²) in [6.45, 7) is -0.0174. The molecule has 0 amide bonds. The van der Waals surface area contributed by atoms with Crippen molar-refractivity contribution in [3.63, 3.8) is 0 Å². The van der Waals surface area contributed by atoms with E-state index in [0.717, 1.165) is 0 Å². The van der Waals surface area contributed by atoms with Gasteiger partial charge in [0.1, 0.15) is 0 Å². The van der Waals surface area contributed by atoms with E-state index in [4.69, 9.17) is 10.4 Å². The van der Waals surface area contributed by atoms with Crippen LogP contribution in [0, 0.1) is 11.3 Å². The quantitative estimate of drug-likeness (QED) is 0.450. The van der Waals surface area contributed by atoms with Gasteiger partial charge in [-0.3, -0.25) is 0 Å². The van der Waals surface area contributed by atoms with Crippen LogP contribution >= 0.6 is 0 Å². The van der Waals surface area contributed by atoms with Crippen LogP contribution in [-0.2, 0) is 0 Å². The normalized spacial score (nSPS) is 5.33. The van der Waals surface area contributed by atoms with E-state index in [1.54, 1.807) is 6.07 Å². The molecule has 0 radical (unpaired) electrons. The molecule has 0 unspecified atom stereocenters. The Morgan fingerprint density at radius 1 is 1.67 bits per heavy atom. The number of hydrogen-bond donors (Lipinski definition) is 1. The third-order valence-electron chi connectivity index (χ3n) is 0.224. The van der Waals surface area contributed by atoms with Crippen LogP contribution in [0.2, 0.25) is 0 Å². The first-order valence-electron chi connectivity index (χ1n) is 1.39. The number of nitriles is 1. The van der Waals surface area contributed by atoms with Gasteiger partial charge in [-0.2, -0.15) is 5.26 Å². The lowest BCUT2D eigenvalue weighted by molar-refractivity contribution is 0.304. The fraction of sp³-hybridized carbons (Fsp3) is 0.667. The van der Waals surface area contributed by atoms with Crippen molar-refractivity contribution in [1.29, 1.82) is 5.26 Å². The van der Waals surface area contributed by atoms with Crippen molar-refractivity contribution in [3.05, 3.63) is 0 Å². The fourth-order valence-electron chi connectivity index (χ4n) is 0.0500. The van der Waals surface area contributed by atoms with Gasteiger partial charge in [0.05, 0.1) is 19.1 Å². The molecule has 0 aromatic rings. The van der Waals surface area contributed by atoms with Crippen LogP contribution in [0.3, 0.4) is 0 Å². The summed E-state index contributed by atoms with van der Waals surface area (Å²) in [6, 6.07) is 1.77. The van der Waals surface area contributed by atoms with Crippen LogP contribution in [0.25, 0.3) is 0 Å². The Morgan fingerprint density at radius 3 is 2.17 bits per heavy atom. The summed E-state index contributed by atoms with van der Waals surface area (Å²) in [5.41, 5.74) is 0. The summed E-state index contributed by atoms with van der Waals surface area (Å²) in [5.74, 6) is 0. The third-order valence-corrected chi connectivity index (χ3v) is 0.224. The summed E-state index contributed by atoms with van der Waals surface area (Å²) in [6.07, 6.45) is 0.250. The first-order chi connectivity index (χ1) is 2.41. The summed E-state index contributed by atoms with van der Waals surface area (Å²) in [7, 11) is 0. The molecule has 0 rings (SSSR count). The molecule has 6 heavy (non-hydrogen) atoms. The summed E-state index contributed by atoms with van der Waals surface area (Å²) in [4.78, 5) is 0. The number of aliphatic hydroxyl groups is 1. The Kier molecular flexibility index (Phi) is 13.3. The van der Waals surface area contributed by atoms with Gasteiger partial charge in [-0.1, -0.05) is 0 Å². The maximum absolute atomic E-state index is 7.84. The predicted molar refractivity (Wildman–Crippen MR) is 20.9 cm³/mol. The Hall–Kier alpha value is -0.590. The molecule has 0 saturated carbocycles. The lowest BCUT2D eigenvalue weighted by Crippen LogP contribution is -1.72. The number of aliphatic hydroxyl groups excluding tert-OH is 1. The standard InChI is InChI=1S/C3H5NO.H2O/c4-2-1-3-5;/h5H,1,3H2;1H2. The highest BCUT2D eigenvalue weighted by atomic mass is 16.2. The highest BCUT2D eigenvalue weighted by Crippen LogP contribution is 1.62. The average molecular weight is 89.1 g/mol. The molecule has 0 aliphatic carbocycles. The lowest BCUT2D eigenvalue weighted by Gasteiger charge is -1.67. The van der Waals surface area contributed by atoms with Crippen LogP contribution in [0.5, 0.6) is 0 Å². The molecule has 0 fully saturated rings. The van der Waals surface area contributed by atoms with Crippen molar-refractivity contribution in [2.24, 2.45) is 0 Å². The molecule has 0 aliphatic rings. The van der Waals surface area contributed by atoms with E-state index < -0.39 is 0 Å². The van der Waals surface area contributed by atoms with Crippen molar-refractivity contribution in [2.75, 3.05) is 6.61 Å². The number of rotatable bonds is 1. The number of hydrogen-bond acceptors (Lipinski definition) is 2.